The summed E-state index contributed by atoms with van der Waals surface area (Å²) in [7, 11) is 0. The van der Waals surface area contributed by atoms with Gasteiger partial charge in [0, 0.05) is 12.6 Å². The molecule has 1 aromatic rings. The highest BCUT2D eigenvalue weighted by Gasteiger charge is 2.41. The minimum atomic E-state index is 0.310. The van der Waals surface area contributed by atoms with E-state index in [9.17, 15) is 5.11 Å². The van der Waals surface area contributed by atoms with Crippen molar-refractivity contribution in [3.05, 3.63) is 28.2 Å². The third kappa shape index (κ3) is 2.82. The summed E-state index contributed by atoms with van der Waals surface area (Å²) in [4.78, 5) is 0. The van der Waals surface area contributed by atoms with Crippen LogP contribution >= 0.6 is 15.9 Å². The van der Waals surface area contributed by atoms with Gasteiger partial charge in [-0.05, 0) is 77.6 Å². The average Bonchev–Trinajstić information content (AvgIpc) is 3.02. The Morgan fingerprint density at radius 2 is 2.21 bits per heavy atom. The van der Waals surface area contributed by atoms with E-state index < -0.39 is 0 Å². The SMILES string of the molecule is CC(NCc1ccc(O)c(Br)c1)C1CC2CCC1C2. The van der Waals surface area contributed by atoms with Crippen molar-refractivity contribution in [3.63, 3.8) is 0 Å². The van der Waals surface area contributed by atoms with E-state index in [1.807, 2.05) is 12.1 Å². The van der Waals surface area contributed by atoms with Crippen LogP contribution in [0.3, 0.4) is 0 Å². The van der Waals surface area contributed by atoms with Crippen molar-refractivity contribution in [2.75, 3.05) is 0 Å². The van der Waals surface area contributed by atoms with Crippen molar-refractivity contribution in [1.82, 2.24) is 5.32 Å². The summed E-state index contributed by atoms with van der Waals surface area (Å²) in [6, 6.07) is 6.34. The molecule has 2 aliphatic carbocycles. The number of rotatable bonds is 4. The fraction of sp³-hybridized carbons (Fsp3) is 0.625. The molecule has 2 fully saturated rings. The highest BCUT2D eigenvalue weighted by atomic mass is 79.9. The zero-order valence-electron chi connectivity index (χ0n) is 11.4. The second-order valence-corrected chi connectivity index (χ2v) is 7.15. The predicted molar refractivity (Wildman–Crippen MR) is 81.0 cm³/mol. The van der Waals surface area contributed by atoms with Crippen molar-refractivity contribution >= 4 is 15.9 Å². The predicted octanol–water partition coefficient (Wildman–Crippen LogP) is 4.07. The molecule has 2 bridgehead atoms. The molecule has 2 N–H and O–H groups in total. The highest BCUT2D eigenvalue weighted by Crippen LogP contribution is 2.49. The molecular formula is C16H22BrNO. The van der Waals surface area contributed by atoms with Crippen molar-refractivity contribution in [2.45, 2.75) is 45.2 Å². The number of aromatic hydroxyl groups is 1. The van der Waals surface area contributed by atoms with Crippen LogP contribution in [-0.2, 0) is 6.54 Å². The molecule has 19 heavy (non-hydrogen) atoms. The van der Waals surface area contributed by atoms with E-state index in [-0.39, 0.29) is 0 Å². The second kappa shape index (κ2) is 5.45. The van der Waals surface area contributed by atoms with Crippen LogP contribution in [0.25, 0.3) is 0 Å². The molecule has 0 saturated heterocycles. The molecule has 2 saturated carbocycles. The van der Waals surface area contributed by atoms with Crippen molar-refractivity contribution in [3.8, 4) is 5.75 Å². The first-order valence-electron chi connectivity index (χ1n) is 7.34. The van der Waals surface area contributed by atoms with Gasteiger partial charge in [-0.1, -0.05) is 12.5 Å². The van der Waals surface area contributed by atoms with E-state index in [2.05, 4.69) is 28.2 Å². The fourth-order valence-corrected chi connectivity index (χ4v) is 4.42. The maximum Gasteiger partial charge on any atom is 0.129 e. The molecule has 1 aromatic carbocycles. The number of benzene rings is 1. The highest BCUT2D eigenvalue weighted by molar-refractivity contribution is 9.10. The van der Waals surface area contributed by atoms with Crippen LogP contribution in [0.15, 0.2) is 22.7 Å². The minimum absolute atomic E-state index is 0.310. The Balaban J connectivity index is 1.55. The molecule has 104 valence electrons. The van der Waals surface area contributed by atoms with Gasteiger partial charge in [-0.2, -0.15) is 0 Å². The number of halogens is 1. The zero-order valence-corrected chi connectivity index (χ0v) is 13.0. The lowest BCUT2D eigenvalue weighted by Crippen LogP contribution is -2.35. The van der Waals surface area contributed by atoms with E-state index >= 15 is 0 Å². The average molecular weight is 324 g/mol. The molecule has 0 heterocycles. The molecule has 3 rings (SSSR count). The van der Waals surface area contributed by atoms with Gasteiger partial charge in [0.2, 0.25) is 0 Å². The molecule has 0 aromatic heterocycles. The first-order valence-corrected chi connectivity index (χ1v) is 8.13. The number of phenolic OH excluding ortho intramolecular Hbond substituents is 1. The zero-order chi connectivity index (χ0) is 13.4. The molecular weight excluding hydrogens is 302 g/mol. The molecule has 4 atom stereocenters. The van der Waals surface area contributed by atoms with Crippen LogP contribution in [0.4, 0.5) is 0 Å². The van der Waals surface area contributed by atoms with E-state index in [1.54, 1.807) is 6.07 Å². The fourth-order valence-electron chi connectivity index (χ4n) is 4.00. The molecule has 0 aliphatic heterocycles. The number of nitrogens with one attached hydrogen (secondary N) is 1. The van der Waals surface area contributed by atoms with Gasteiger partial charge in [-0.15, -0.1) is 0 Å². The standard InChI is InChI=1S/C16H22BrNO/c1-10(14-7-11-2-4-13(14)6-11)18-9-12-3-5-16(19)15(17)8-12/h3,5,8,10-11,13-14,18-19H,2,4,6-7,9H2,1H3. The summed E-state index contributed by atoms with van der Waals surface area (Å²) in [5.74, 6) is 3.17. The van der Waals surface area contributed by atoms with Gasteiger partial charge in [0.15, 0.2) is 0 Å². The Kier molecular flexibility index (Phi) is 3.86. The Morgan fingerprint density at radius 3 is 2.84 bits per heavy atom. The van der Waals surface area contributed by atoms with E-state index in [0.717, 1.165) is 28.8 Å². The van der Waals surface area contributed by atoms with Crippen LogP contribution in [0, 0.1) is 17.8 Å². The normalized spacial score (nSPS) is 30.7. The lowest BCUT2D eigenvalue weighted by molar-refractivity contribution is 0.259. The van der Waals surface area contributed by atoms with Crippen molar-refractivity contribution in [1.29, 1.82) is 0 Å². The molecule has 2 nitrogen and oxygen atoms in total. The summed E-state index contributed by atoms with van der Waals surface area (Å²) in [5.41, 5.74) is 1.22. The van der Waals surface area contributed by atoms with Crippen LogP contribution in [0.5, 0.6) is 5.75 Å². The first kappa shape index (κ1) is 13.4. The third-order valence-corrected chi connectivity index (χ3v) is 5.71. The summed E-state index contributed by atoms with van der Waals surface area (Å²) in [5, 5.41) is 13.2. The first-order chi connectivity index (χ1) is 9.13. The van der Waals surface area contributed by atoms with Gasteiger partial charge >= 0.3 is 0 Å². The Hall–Kier alpha value is -0.540. The molecule has 4 unspecified atom stereocenters. The molecule has 2 aliphatic rings. The lowest BCUT2D eigenvalue weighted by atomic mass is 9.84. The smallest absolute Gasteiger partial charge is 0.129 e. The Labute approximate surface area is 123 Å². The quantitative estimate of drug-likeness (QED) is 0.875. The van der Waals surface area contributed by atoms with Crippen molar-refractivity contribution in [2.24, 2.45) is 17.8 Å². The van der Waals surface area contributed by atoms with Gasteiger partial charge in [0.1, 0.15) is 5.75 Å². The Bertz CT molecular complexity index is 462. The van der Waals surface area contributed by atoms with Gasteiger partial charge in [0.05, 0.1) is 4.47 Å². The topological polar surface area (TPSA) is 32.3 Å². The number of phenols is 1. The maximum atomic E-state index is 9.50. The van der Waals surface area contributed by atoms with Gasteiger partial charge in [-0.25, -0.2) is 0 Å². The molecule has 0 spiro atoms. The van der Waals surface area contributed by atoms with E-state index in [4.69, 9.17) is 0 Å². The van der Waals surface area contributed by atoms with Gasteiger partial charge < -0.3 is 10.4 Å². The largest absolute Gasteiger partial charge is 0.507 e. The van der Waals surface area contributed by atoms with Crippen LogP contribution in [0.2, 0.25) is 0 Å². The number of hydrogen-bond acceptors (Lipinski definition) is 2. The molecule has 0 amide bonds. The lowest BCUT2D eigenvalue weighted by Gasteiger charge is -2.28. The minimum Gasteiger partial charge on any atom is -0.507 e. The van der Waals surface area contributed by atoms with Crippen molar-refractivity contribution < 1.29 is 5.11 Å². The second-order valence-electron chi connectivity index (χ2n) is 6.29. The summed E-state index contributed by atoms with van der Waals surface area (Å²) in [6.45, 7) is 3.22. The van der Waals surface area contributed by atoms with E-state index in [1.165, 1.54) is 31.2 Å². The van der Waals surface area contributed by atoms with Gasteiger partial charge in [-0.3, -0.25) is 0 Å². The number of fused-ring (bicyclic) bond motifs is 2. The number of hydrogen-bond donors (Lipinski definition) is 2. The molecule has 0 radical (unpaired) electrons. The summed E-state index contributed by atoms with van der Waals surface area (Å²) in [6.07, 6.45) is 5.82. The van der Waals surface area contributed by atoms with Crippen LogP contribution in [0.1, 0.15) is 38.2 Å². The molecule has 3 heteroatoms. The third-order valence-electron chi connectivity index (χ3n) is 5.08. The van der Waals surface area contributed by atoms with Crippen LogP contribution < -0.4 is 5.32 Å². The summed E-state index contributed by atoms with van der Waals surface area (Å²) >= 11 is 3.37. The Morgan fingerprint density at radius 1 is 1.37 bits per heavy atom. The van der Waals surface area contributed by atoms with Crippen LogP contribution in [-0.4, -0.2) is 11.1 Å². The monoisotopic (exact) mass is 323 g/mol. The van der Waals surface area contributed by atoms with E-state index in [0.29, 0.717) is 11.8 Å². The van der Waals surface area contributed by atoms with Gasteiger partial charge in [0.25, 0.3) is 0 Å². The maximum absolute atomic E-state index is 9.50. The summed E-state index contributed by atoms with van der Waals surface area (Å²) < 4.78 is 0.777.